The predicted molar refractivity (Wildman–Crippen MR) is 87.1 cm³/mol. The normalized spacial score (nSPS) is 20.3. The standard InChI is InChI=1S/C18H19ClFNO/c1-11-6-4-5-7-17(11)22-18-14-8-12(19)9-15(20)13(14)10-16(18)21(2)3/h4-9,16,18H,10H2,1-3H3/t16-,18-/m0/s1. The molecular formula is C18H19ClFNO. The van der Waals surface area contributed by atoms with Crippen molar-refractivity contribution in [2.24, 2.45) is 0 Å². The van der Waals surface area contributed by atoms with Gasteiger partial charge in [0.2, 0.25) is 0 Å². The molecule has 1 aliphatic rings. The van der Waals surface area contributed by atoms with Gasteiger partial charge >= 0.3 is 0 Å². The van der Waals surface area contributed by atoms with Crippen molar-refractivity contribution in [1.82, 2.24) is 4.90 Å². The molecule has 0 aliphatic heterocycles. The van der Waals surface area contributed by atoms with Crippen LogP contribution in [0.5, 0.6) is 5.75 Å². The topological polar surface area (TPSA) is 12.5 Å². The lowest BCUT2D eigenvalue weighted by atomic mass is 10.1. The molecule has 116 valence electrons. The number of ether oxygens (including phenoxy) is 1. The smallest absolute Gasteiger partial charge is 0.140 e. The zero-order valence-electron chi connectivity index (χ0n) is 12.9. The molecule has 1 aliphatic carbocycles. The number of rotatable bonds is 3. The predicted octanol–water partition coefficient (Wildman–Crippen LogP) is 4.39. The lowest BCUT2D eigenvalue weighted by Gasteiger charge is -2.28. The Hall–Kier alpha value is -1.58. The lowest BCUT2D eigenvalue weighted by molar-refractivity contribution is 0.110. The summed E-state index contributed by atoms with van der Waals surface area (Å²) in [4.78, 5) is 2.08. The molecule has 0 bridgehead atoms. The number of aryl methyl sites for hydroxylation is 1. The Morgan fingerprint density at radius 3 is 2.64 bits per heavy atom. The van der Waals surface area contributed by atoms with Crippen LogP contribution in [0.4, 0.5) is 4.39 Å². The molecule has 0 N–H and O–H groups in total. The number of para-hydroxylation sites is 1. The minimum absolute atomic E-state index is 0.0857. The van der Waals surface area contributed by atoms with Gasteiger partial charge in [0.15, 0.2) is 0 Å². The first-order chi connectivity index (χ1) is 10.5. The fourth-order valence-electron chi connectivity index (χ4n) is 3.04. The van der Waals surface area contributed by atoms with E-state index >= 15 is 0 Å². The third kappa shape index (κ3) is 2.71. The molecule has 2 atom stereocenters. The molecule has 2 aromatic rings. The number of nitrogens with zero attached hydrogens (tertiary/aromatic N) is 1. The van der Waals surface area contributed by atoms with Gasteiger partial charge in [0.25, 0.3) is 0 Å². The third-order valence-corrected chi connectivity index (χ3v) is 4.49. The maximum absolute atomic E-state index is 14.2. The maximum Gasteiger partial charge on any atom is 0.140 e. The van der Waals surface area contributed by atoms with Crippen LogP contribution in [-0.2, 0) is 6.42 Å². The summed E-state index contributed by atoms with van der Waals surface area (Å²) < 4.78 is 20.5. The average Bonchev–Trinajstić information content (AvgIpc) is 2.81. The summed E-state index contributed by atoms with van der Waals surface area (Å²) in [6.45, 7) is 2.01. The number of hydrogen-bond acceptors (Lipinski definition) is 2. The highest BCUT2D eigenvalue weighted by Gasteiger charge is 2.38. The summed E-state index contributed by atoms with van der Waals surface area (Å²) in [5.41, 5.74) is 2.63. The van der Waals surface area contributed by atoms with Gasteiger partial charge < -0.3 is 9.64 Å². The number of halogens is 2. The molecular weight excluding hydrogens is 301 g/mol. The Bertz CT molecular complexity index is 701. The molecule has 0 spiro atoms. The molecule has 2 aromatic carbocycles. The van der Waals surface area contributed by atoms with E-state index in [1.54, 1.807) is 0 Å². The number of likely N-dealkylation sites (N-methyl/N-ethyl adjacent to an activating group) is 1. The van der Waals surface area contributed by atoms with E-state index in [4.69, 9.17) is 16.3 Å². The van der Waals surface area contributed by atoms with E-state index < -0.39 is 0 Å². The van der Waals surface area contributed by atoms with Gasteiger partial charge in [-0.15, -0.1) is 0 Å². The van der Waals surface area contributed by atoms with Crippen LogP contribution in [0.15, 0.2) is 36.4 Å². The molecule has 2 nitrogen and oxygen atoms in total. The number of hydrogen-bond donors (Lipinski definition) is 0. The first-order valence-electron chi connectivity index (χ1n) is 7.34. The molecule has 0 aromatic heterocycles. The lowest BCUT2D eigenvalue weighted by Crippen LogP contribution is -2.34. The molecule has 0 radical (unpaired) electrons. The summed E-state index contributed by atoms with van der Waals surface area (Å²) in [6.07, 6.45) is 0.404. The van der Waals surface area contributed by atoms with Gasteiger partial charge in [0.1, 0.15) is 17.7 Å². The van der Waals surface area contributed by atoms with Crippen molar-refractivity contribution in [2.45, 2.75) is 25.5 Å². The van der Waals surface area contributed by atoms with Gasteiger partial charge in [0.05, 0.1) is 6.04 Å². The van der Waals surface area contributed by atoms with Crippen molar-refractivity contribution in [1.29, 1.82) is 0 Å². The molecule has 0 amide bonds. The average molecular weight is 320 g/mol. The molecule has 0 heterocycles. The van der Waals surface area contributed by atoms with Crippen molar-refractivity contribution in [3.05, 3.63) is 63.9 Å². The minimum Gasteiger partial charge on any atom is -0.484 e. The maximum atomic E-state index is 14.2. The Kier molecular flexibility index (Phi) is 4.11. The monoisotopic (exact) mass is 319 g/mol. The zero-order valence-corrected chi connectivity index (χ0v) is 13.7. The highest BCUT2D eigenvalue weighted by atomic mass is 35.5. The van der Waals surface area contributed by atoms with Crippen molar-refractivity contribution < 1.29 is 9.13 Å². The number of fused-ring (bicyclic) bond motifs is 1. The zero-order chi connectivity index (χ0) is 15.9. The second-order valence-electron chi connectivity index (χ2n) is 5.99. The Morgan fingerprint density at radius 1 is 1.23 bits per heavy atom. The first-order valence-corrected chi connectivity index (χ1v) is 7.71. The fraction of sp³-hybridized carbons (Fsp3) is 0.333. The molecule has 0 unspecified atom stereocenters. The van der Waals surface area contributed by atoms with Crippen molar-refractivity contribution in [2.75, 3.05) is 14.1 Å². The minimum atomic E-state index is -0.245. The third-order valence-electron chi connectivity index (χ3n) is 4.27. The molecule has 0 saturated carbocycles. The molecule has 22 heavy (non-hydrogen) atoms. The molecule has 3 rings (SSSR count). The van der Waals surface area contributed by atoms with Gasteiger partial charge in [-0.1, -0.05) is 29.8 Å². The van der Waals surface area contributed by atoms with Crippen molar-refractivity contribution in [3.8, 4) is 5.75 Å². The van der Waals surface area contributed by atoms with E-state index in [1.165, 1.54) is 6.07 Å². The van der Waals surface area contributed by atoms with E-state index in [0.717, 1.165) is 16.9 Å². The summed E-state index contributed by atoms with van der Waals surface area (Å²) in [7, 11) is 3.98. The van der Waals surface area contributed by atoms with Crippen LogP contribution in [0.25, 0.3) is 0 Å². The summed E-state index contributed by atoms with van der Waals surface area (Å²) in [5.74, 6) is 0.581. The van der Waals surface area contributed by atoms with Gasteiger partial charge in [-0.3, -0.25) is 0 Å². The van der Waals surface area contributed by atoms with Crippen LogP contribution in [0.1, 0.15) is 22.8 Å². The molecule has 0 fully saturated rings. The molecule has 4 heteroatoms. The van der Waals surface area contributed by atoms with Gasteiger partial charge in [-0.2, -0.15) is 0 Å². The highest BCUT2D eigenvalue weighted by molar-refractivity contribution is 6.30. The van der Waals surface area contributed by atoms with E-state index in [0.29, 0.717) is 17.0 Å². The summed E-state index contributed by atoms with van der Waals surface area (Å²) in [6, 6.07) is 11.2. The Balaban J connectivity index is 2.03. The molecule has 0 saturated heterocycles. The van der Waals surface area contributed by atoms with E-state index in [-0.39, 0.29) is 18.0 Å². The van der Waals surface area contributed by atoms with Crippen LogP contribution < -0.4 is 4.74 Å². The first kappa shape index (κ1) is 15.3. The van der Waals surface area contributed by atoms with Gasteiger partial charge in [-0.05, 0) is 56.8 Å². The second kappa shape index (κ2) is 5.90. The van der Waals surface area contributed by atoms with Crippen molar-refractivity contribution >= 4 is 11.6 Å². The highest BCUT2D eigenvalue weighted by Crippen LogP contribution is 2.40. The summed E-state index contributed by atoms with van der Waals surface area (Å²) in [5, 5.41) is 0.411. The summed E-state index contributed by atoms with van der Waals surface area (Å²) >= 11 is 6.05. The SMILES string of the molecule is Cc1ccccc1O[C@H]1c2cc(Cl)cc(F)c2C[C@@H]1N(C)C. The van der Waals surface area contributed by atoms with Gasteiger partial charge in [0, 0.05) is 10.6 Å². The van der Waals surface area contributed by atoms with Crippen LogP contribution >= 0.6 is 11.6 Å². The van der Waals surface area contributed by atoms with E-state index in [9.17, 15) is 4.39 Å². The Labute approximate surface area is 135 Å². The fourth-order valence-corrected chi connectivity index (χ4v) is 3.25. The second-order valence-corrected chi connectivity index (χ2v) is 6.43. The number of benzene rings is 2. The van der Waals surface area contributed by atoms with Crippen LogP contribution in [-0.4, -0.2) is 25.0 Å². The van der Waals surface area contributed by atoms with E-state index in [1.807, 2.05) is 51.4 Å². The van der Waals surface area contributed by atoms with Crippen molar-refractivity contribution in [3.63, 3.8) is 0 Å². The van der Waals surface area contributed by atoms with Crippen LogP contribution in [0, 0.1) is 12.7 Å². The van der Waals surface area contributed by atoms with E-state index in [2.05, 4.69) is 4.90 Å². The van der Waals surface area contributed by atoms with Crippen LogP contribution in [0.2, 0.25) is 5.02 Å². The quantitative estimate of drug-likeness (QED) is 0.831. The van der Waals surface area contributed by atoms with Gasteiger partial charge in [-0.25, -0.2) is 4.39 Å². The Morgan fingerprint density at radius 2 is 1.95 bits per heavy atom. The largest absolute Gasteiger partial charge is 0.484 e. The van der Waals surface area contributed by atoms with Crippen LogP contribution in [0.3, 0.4) is 0 Å².